The van der Waals surface area contributed by atoms with E-state index in [9.17, 15) is 0 Å². The summed E-state index contributed by atoms with van der Waals surface area (Å²) in [6, 6.07) is 5.69. The predicted molar refractivity (Wildman–Crippen MR) is 77.8 cm³/mol. The summed E-state index contributed by atoms with van der Waals surface area (Å²) >= 11 is 0. The van der Waals surface area contributed by atoms with E-state index >= 15 is 0 Å². The zero-order valence-corrected chi connectivity index (χ0v) is 11.7. The minimum Gasteiger partial charge on any atom is -0.365 e. The van der Waals surface area contributed by atoms with Gasteiger partial charge in [0.25, 0.3) is 0 Å². The molecule has 0 radical (unpaired) electrons. The molecule has 0 saturated heterocycles. The van der Waals surface area contributed by atoms with Gasteiger partial charge in [0.2, 0.25) is 0 Å². The molecule has 0 unspecified atom stereocenters. The van der Waals surface area contributed by atoms with Gasteiger partial charge in [0.05, 0.1) is 11.6 Å². The quantitative estimate of drug-likeness (QED) is 0.773. The molecule has 0 aliphatic heterocycles. The van der Waals surface area contributed by atoms with Gasteiger partial charge >= 0.3 is 0 Å². The third kappa shape index (κ3) is 2.32. The van der Waals surface area contributed by atoms with Gasteiger partial charge in [0, 0.05) is 11.7 Å². The average molecular weight is 268 g/mol. The normalized spacial score (nSPS) is 11.8. The smallest absolute Gasteiger partial charge is 0.170 e. The molecular weight excluding hydrogens is 252 g/mol. The first kappa shape index (κ1) is 12.5. The van der Waals surface area contributed by atoms with Crippen LogP contribution in [0.1, 0.15) is 20.8 Å². The molecule has 0 spiro atoms. The molecule has 20 heavy (non-hydrogen) atoms. The number of anilines is 1. The van der Waals surface area contributed by atoms with Gasteiger partial charge in [0.1, 0.15) is 12.1 Å². The molecule has 0 amide bonds. The van der Waals surface area contributed by atoms with Crippen molar-refractivity contribution >= 4 is 16.9 Å². The van der Waals surface area contributed by atoms with Gasteiger partial charge < -0.3 is 5.32 Å². The lowest BCUT2D eigenvalue weighted by atomic mass is 10.1. The number of rotatable bonds is 2. The third-order valence-corrected chi connectivity index (χ3v) is 2.73. The van der Waals surface area contributed by atoms with Gasteiger partial charge in [-0.25, -0.2) is 15.0 Å². The van der Waals surface area contributed by atoms with Gasteiger partial charge in [-0.2, -0.15) is 9.78 Å². The van der Waals surface area contributed by atoms with Crippen molar-refractivity contribution in [1.82, 2.24) is 24.7 Å². The van der Waals surface area contributed by atoms with E-state index in [1.807, 2.05) is 18.2 Å². The van der Waals surface area contributed by atoms with E-state index in [-0.39, 0.29) is 5.54 Å². The largest absolute Gasteiger partial charge is 0.365 e. The Labute approximate surface area is 116 Å². The first-order chi connectivity index (χ1) is 9.54. The molecule has 0 atom stereocenters. The Morgan fingerprint density at radius 3 is 2.65 bits per heavy atom. The lowest BCUT2D eigenvalue weighted by Gasteiger charge is -2.21. The van der Waals surface area contributed by atoms with Crippen LogP contribution in [0.25, 0.3) is 16.9 Å². The molecule has 0 aliphatic rings. The van der Waals surface area contributed by atoms with Gasteiger partial charge in [-0.05, 0) is 32.9 Å². The zero-order valence-electron chi connectivity index (χ0n) is 11.7. The van der Waals surface area contributed by atoms with E-state index in [0.29, 0.717) is 0 Å². The van der Waals surface area contributed by atoms with Crippen molar-refractivity contribution in [2.24, 2.45) is 0 Å². The summed E-state index contributed by atoms with van der Waals surface area (Å²) in [7, 11) is 0. The number of pyridine rings is 1. The summed E-state index contributed by atoms with van der Waals surface area (Å²) in [5, 5.41) is 8.61. The molecule has 1 N–H and O–H groups in total. The van der Waals surface area contributed by atoms with E-state index in [4.69, 9.17) is 0 Å². The fourth-order valence-corrected chi connectivity index (χ4v) is 1.95. The van der Waals surface area contributed by atoms with Gasteiger partial charge in [0.15, 0.2) is 11.5 Å². The summed E-state index contributed by atoms with van der Waals surface area (Å²) in [6.07, 6.45) is 5.04. The second-order valence-electron chi connectivity index (χ2n) is 5.58. The topological polar surface area (TPSA) is 68.5 Å². The lowest BCUT2D eigenvalue weighted by molar-refractivity contribution is 0.631. The van der Waals surface area contributed by atoms with E-state index < -0.39 is 0 Å². The Morgan fingerprint density at radius 2 is 1.95 bits per heavy atom. The molecule has 3 aromatic rings. The number of hydrogen-bond donors (Lipinski definition) is 1. The number of hydrogen-bond acceptors (Lipinski definition) is 5. The Bertz CT molecular complexity index is 726. The van der Waals surface area contributed by atoms with E-state index in [0.717, 1.165) is 22.7 Å². The minimum absolute atomic E-state index is 0.0750. The van der Waals surface area contributed by atoms with E-state index in [2.05, 4.69) is 46.1 Å². The Balaban J connectivity index is 2.13. The maximum absolute atomic E-state index is 4.37. The van der Waals surface area contributed by atoms with E-state index in [1.54, 1.807) is 17.1 Å². The van der Waals surface area contributed by atoms with Crippen LogP contribution in [0.4, 0.5) is 5.82 Å². The van der Waals surface area contributed by atoms with Crippen LogP contribution in [-0.4, -0.2) is 30.3 Å². The number of aromatic nitrogens is 5. The van der Waals surface area contributed by atoms with Crippen molar-refractivity contribution in [3.8, 4) is 5.82 Å². The maximum Gasteiger partial charge on any atom is 0.170 e. The highest BCUT2D eigenvalue weighted by Crippen LogP contribution is 2.23. The van der Waals surface area contributed by atoms with Gasteiger partial charge in [-0.3, -0.25) is 0 Å². The Morgan fingerprint density at radius 1 is 1.10 bits per heavy atom. The van der Waals surface area contributed by atoms with Crippen molar-refractivity contribution in [3.63, 3.8) is 0 Å². The summed E-state index contributed by atoms with van der Waals surface area (Å²) in [5.41, 5.74) is 0.666. The van der Waals surface area contributed by atoms with Crippen LogP contribution in [0.15, 0.2) is 36.9 Å². The highest BCUT2D eigenvalue weighted by Gasteiger charge is 2.16. The zero-order chi connectivity index (χ0) is 14.2. The Hall–Kier alpha value is -2.50. The molecule has 0 fully saturated rings. The third-order valence-electron chi connectivity index (χ3n) is 2.73. The monoisotopic (exact) mass is 268 g/mol. The van der Waals surface area contributed by atoms with Gasteiger partial charge in [-0.15, -0.1) is 0 Å². The Kier molecular flexibility index (Phi) is 2.85. The highest BCUT2D eigenvalue weighted by molar-refractivity contribution is 5.87. The van der Waals surface area contributed by atoms with Crippen molar-refractivity contribution in [3.05, 3.63) is 36.9 Å². The van der Waals surface area contributed by atoms with Crippen LogP contribution < -0.4 is 5.32 Å². The summed E-state index contributed by atoms with van der Waals surface area (Å²) < 4.78 is 1.71. The van der Waals surface area contributed by atoms with Crippen LogP contribution in [0.3, 0.4) is 0 Å². The number of nitrogens with zero attached hydrogens (tertiary/aromatic N) is 5. The maximum atomic E-state index is 4.37. The predicted octanol–water partition coefficient (Wildman–Crippen LogP) is 2.42. The van der Waals surface area contributed by atoms with Crippen LogP contribution in [0.5, 0.6) is 0 Å². The minimum atomic E-state index is -0.0750. The van der Waals surface area contributed by atoms with Crippen molar-refractivity contribution < 1.29 is 0 Å². The number of nitrogens with one attached hydrogen (secondary N) is 1. The van der Waals surface area contributed by atoms with Crippen molar-refractivity contribution in [1.29, 1.82) is 0 Å². The second-order valence-corrected chi connectivity index (χ2v) is 5.58. The molecule has 6 heteroatoms. The lowest BCUT2D eigenvalue weighted by Crippen LogP contribution is -2.26. The molecule has 3 rings (SSSR count). The first-order valence-corrected chi connectivity index (χ1v) is 6.43. The molecule has 0 saturated carbocycles. The molecule has 0 bridgehead atoms. The standard InChI is InChI=1S/C14H16N6/c1-14(2,3)19-12-10-8-18-20(13(10)17-9-16-12)11-6-4-5-7-15-11/h4-9H,1-3H3,(H,16,17,19). The molecule has 3 aromatic heterocycles. The first-order valence-electron chi connectivity index (χ1n) is 6.43. The summed E-state index contributed by atoms with van der Waals surface area (Å²) in [4.78, 5) is 12.9. The number of fused-ring (bicyclic) bond motifs is 1. The van der Waals surface area contributed by atoms with Crippen LogP contribution in [0, 0.1) is 0 Å². The summed E-state index contributed by atoms with van der Waals surface area (Å²) in [6.45, 7) is 6.26. The van der Waals surface area contributed by atoms with E-state index in [1.165, 1.54) is 6.33 Å². The van der Waals surface area contributed by atoms with Crippen LogP contribution >= 0.6 is 0 Å². The fourth-order valence-electron chi connectivity index (χ4n) is 1.95. The SMILES string of the molecule is CC(C)(C)Nc1ncnc2c1cnn2-c1ccccn1. The molecule has 0 aromatic carbocycles. The highest BCUT2D eigenvalue weighted by atomic mass is 15.3. The molecule has 102 valence electrons. The molecule has 3 heterocycles. The van der Waals surface area contributed by atoms with Gasteiger partial charge in [-0.1, -0.05) is 6.07 Å². The van der Waals surface area contributed by atoms with Crippen molar-refractivity contribution in [2.75, 3.05) is 5.32 Å². The van der Waals surface area contributed by atoms with Crippen LogP contribution in [0.2, 0.25) is 0 Å². The molecule has 0 aliphatic carbocycles. The summed E-state index contributed by atoms with van der Waals surface area (Å²) in [5.74, 6) is 1.52. The fraction of sp³-hybridized carbons (Fsp3) is 0.286. The molecule has 6 nitrogen and oxygen atoms in total. The molecular formula is C14H16N6. The average Bonchev–Trinajstić information content (AvgIpc) is 2.83. The van der Waals surface area contributed by atoms with Crippen LogP contribution in [-0.2, 0) is 0 Å². The van der Waals surface area contributed by atoms with Crippen molar-refractivity contribution in [2.45, 2.75) is 26.3 Å². The second kappa shape index (κ2) is 4.56.